The lowest BCUT2D eigenvalue weighted by Gasteiger charge is -2.03. The first-order valence-corrected chi connectivity index (χ1v) is 4.06. The van der Waals surface area contributed by atoms with E-state index in [9.17, 15) is 0 Å². The van der Waals surface area contributed by atoms with Crippen LogP contribution < -0.4 is 5.32 Å². The van der Waals surface area contributed by atoms with E-state index >= 15 is 0 Å². The number of thiol groups is 1. The van der Waals surface area contributed by atoms with Crippen molar-refractivity contribution in [3.63, 3.8) is 0 Å². The molecule has 0 spiro atoms. The maximum atomic E-state index is 4.74. The van der Waals surface area contributed by atoms with Crippen LogP contribution in [0.4, 0.5) is 0 Å². The third kappa shape index (κ3) is 6.11. The maximum Gasteiger partial charge on any atom is 0.134 e. The van der Waals surface area contributed by atoms with E-state index < -0.39 is 0 Å². The summed E-state index contributed by atoms with van der Waals surface area (Å²) in [6, 6.07) is 0. The SMILES string of the molecule is C/C(=C/C(C)C)NC(=S)S. The first kappa shape index (κ1) is 9.98. The Kier molecular flexibility index (Phi) is 4.73. The highest BCUT2D eigenvalue weighted by atomic mass is 32.1. The fourth-order valence-corrected chi connectivity index (χ4v) is 1.05. The van der Waals surface area contributed by atoms with Crippen LogP contribution in [0.25, 0.3) is 0 Å². The fraction of sp³-hybridized carbons (Fsp3) is 0.571. The summed E-state index contributed by atoms with van der Waals surface area (Å²) in [5, 5.41) is 2.93. The normalized spacial score (nSPS) is 11.9. The van der Waals surface area contributed by atoms with E-state index in [1.54, 1.807) is 0 Å². The number of hydrogen-bond acceptors (Lipinski definition) is 1. The predicted octanol–water partition coefficient (Wildman–Crippen LogP) is 2.35. The predicted molar refractivity (Wildman–Crippen MR) is 53.3 cm³/mol. The summed E-state index contributed by atoms with van der Waals surface area (Å²) >= 11 is 8.68. The smallest absolute Gasteiger partial charge is 0.134 e. The summed E-state index contributed by atoms with van der Waals surface area (Å²) in [5.41, 5.74) is 1.06. The minimum absolute atomic E-state index is 0.523. The van der Waals surface area contributed by atoms with Gasteiger partial charge in [0.25, 0.3) is 0 Å². The van der Waals surface area contributed by atoms with Crippen LogP contribution in [0.3, 0.4) is 0 Å². The third-order valence-electron chi connectivity index (χ3n) is 0.887. The minimum Gasteiger partial charge on any atom is -0.346 e. The molecule has 0 fully saturated rings. The lowest BCUT2D eigenvalue weighted by atomic mass is 10.2. The Labute approximate surface area is 73.3 Å². The van der Waals surface area contributed by atoms with E-state index in [2.05, 4.69) is 37.9 Å². The van der Waals surface area contributed by atoms with E-state index in [4.69, 9.17) is 12.2 Å². The molecule has 0 atom stereocenters. The van der Waals surface area contributed by atoms with Gasteiger partial charge in [-0.15, -0.1) is 12.6 Å². The maximum absolute atomic E-state index is 4.74. The Morgan fingerprint density at radius 3 is 2.40 bits per heavy atom. The van der Waals surface area contributed by atoms with Crippen LogP contribution in [-0.2, 0) is 0 Å². The molecule has 0 rings (SSSR count). The summed E-state index contributed by atoms with van der Waals surface area (Å²) < 4.78 is 0.523. The molecule has 3 heteroatoms. The summed E-state index contributed by atoms with van der Waals surface area (Å²) in [5.74, 6) is 0.551. The number of allylic oxidation sites excluding steroid dienone is 2. The number of nitrogens with one attached hydrogen (secondary N) is 1. The Bertz CT molecular complexity index is 150. The van der Waals surface area contributed by atoms with E-state index in [0.717, 1.165) is 5.70 Å². The molecule has 0 aromatic carbocycles. The molecule has 1 nitrogen and oxygen atoms in total. The van der Waals surface area contributed by atoms with Gasteiger partial charge in [0.1, 0.15) is 4.32 Å². The highest BCUT2D eigenvalue weighted by Gasteiger charge is 1.91. The van der Waals surface area contributed by atoms with Gasteiger partial charge in [-0.3, -0.25) is 0 Å². The van der Waals surface area contributed by atoms with Gasteiger partial charge < -0.3 is 5.32 Å². The highest BCUT2D eigenvalue weighted by molar-refractivity contribution is 8.11. The molecule has 0 aromatic rings. The molecule has 0 aliphatic heterocycles. The van der Waals surface area contributed by atoms with Gasteiger partial charge in [0.2, 0.25) is 0 Å². The zero-order valence-corrected chi connectivity index (χ0v) is 8.22. The van der Waals surface area contributed by atoms with Crippen molar-refractivity contribution in [2.45, 2.75) is 20.8 Å². The van der Waals surface area contributed by atoms with Gasteiger partial charge in [-0.2, -0.15) is 0 Å². The van der Waals surface area contributed by atoms with Crippen molar-refractivity contribution >= 4 is 29.2 Å². The van der Waals surface area contributed by atoms with Crippen molar-refractivity contribution in [2.75, 3.05) is 0 Å². The number of rotatable bonds is 2. The standard InChI is InChI=1S/C7H13NS2/c1-5(2)4-6(3)8-7(9)10/h4-5H,1-3H3,(H2,8,9,10)/b6-4-. The van der Waals surface area contributed by atoms with Gasteiger partial charge in [0.05, 0.1) is 0 Å². The van der Waals surface area contributed by atoms with Crippen LogP contribution in [0.5, 0.6) is 0 Å². The van der Waals surface area contributed by atoms with Crippen molar-refractivity contribution in [3.8, 4) is 0 Å². The molecule has 0 bridgehead atoms. The minimum atomic E-state index is 0.523. The van der Waals surface area contributed by atoms with E-state index in [1.807, 2.05) is 6.92 Å². The zero-order valence-electron chi connectivity index (χ0n) is 6.51. The lowest BCUT2D eigenvalue weighted by molar-refractivity contribution is 0.814. The van der Waals surface area contributed by atoms with E-state index in [1.165, 1.54) is 0 Å². The van der Waals surface area contributed by atoms with Crippen LogP contribution >= 0.6 is 24.8 Å². The quantitative estimate of drug-likeness (QED) is 0.493. The van der Waals surface area contributed by atoms with Gasteiger partial charge in [-0.05, 0) is 12.8 Å². The highest BCUT2D eigenvalue weighted by Crippen LogP contribution is 1.98. The lowest BCUT2D eigenvalue weighted by Crippen LogP contribution is -2.13. The van der Waals surface area contributed by atoms with Gasteiger partial charge >= 0.3 is 0 Å². The van der Waals surface area contributed by atoms with E-state index in [-0.39, 0.29) is 0 Å². The molecule has 0 aliphatic rings. The molecule has 10 heavy (non-hydrogen) atoms. The largest absolute Gasteiger partial charge is 0.346 e. The monoisotopic (exact) mass is 175 g/mol. The molecule has 0 unspecified atom stereocenters. The second-order valence-electron chi connectivity index (χ2n) is 2.52. The van der Waals surface area contributed by atoms with Crippen molar-refractivity contribution in [1.29, 1.82) is 0 Å². The van der Waals surface area contributed by atoms with Gasteiger partial charge in [-0.1, -0.05) is 32.1 Å². The zero-order chi connectivity index (χ0) is 8.15. The summed E-state index contributed by atoms with van der Waals surface area (Å²) in [6.45, 7) is 6.21. The van der Waals surface area contributed by atoms with E-state index in [0.29, 0.717) is 10.2 Å². The average molecular weight is 175 g/mol. The first-order valence-electron chi connectivity index (χ1n) is 3.20. The topological polar surface area (TPSA) is 12.0 Å². The van der Waals surface area contributed by atoms with Crippen molar-refractivity contribution in [2.24, 2.45) is 5.92 Å². The Morgan fingerprint density at radius 2 is 2.10 bits per heavy atom. The number of hydrogen-bond donors (Lipinski definition) is 2. The third-order valence-corrected chi connectivity index (χ3v) is 1.10. The number of thiocarbonyl (C=S) groups is 1. The Morgan fingerprint density at radius 1 is 1.60 bits per heavy atom. The van der Waals surface area contributed by atoms with Crippen molar-refractivity contribution < 1.29 is 0 Å². The van der Waals surface area contributed by atoms with Crippen LogP contribution in [0.1, 0.15) is 20.8 Å². The van der Waals surface area contributed by atoms with Crippen LogP contribution in [0.15, 0.2) is 11.8 Å². The second-order valence-corrected chi connectivity index (χ2v) is 3.68. The van der Waals surface area contributed by atoms with Crippen molar-refractivity contribution in [3.05, 3.63) is 11.8 Å². The Hall–Kier alpha value is -0.0200. The van der Waals surface area contributed by atoms with Gasteiger partial charge in [-0.25, -0.2) is 0 Å². The van der Waals surface area contributed by atoms with Crippen LogP contribution in [-0.4, -0.2) is 4.32 Å². The molecular formula is C7H13NS2. The Balaban J connectivity index is 3.82. The molecule has 0 saturated carbocycles. The van der Waals surface area contributed by atoms with Crippen molar-refractivity contribution in [1.82, 2.24) is 5.32 Å². The molecule has 1 N–H and O–H groups in total. The van der Waals surface area contributed by atoms with Crippen LogP contribution in [0, 0.1) is 5.92 Å². The second kappa shape index (κ2) is 4.74. The first-order chi connectivity index (χ1) is 4.52. The molecule has 0 saturated heterocycles. The molecule has 0 heterocycles. The molecule has 0 aromatic heterocycles. The van der Waals surface area contributed by atoms with Crippen LogP contribution in [0.2, 0.25) is 0 Å². The molecule has 58 valence electrons. The van der Waals surface area contributed by atoms with Gasteiger partial charge in [0.15, 0.2) is 0 Å². The molecule has 0 radical (unpaired) electrons. The average Bonchev–Trinajstić information content (AvgIpc) is 1.58. The molecule has 0 amide bonds. The summed E-state index contributed by atoms with van der Waals surface area (Å²) in [7, 11) is 0. The molecular weight excluding hydrogens is 162 g/mol. The van der Waals surface area contributed by atoms with Gasteiger partial charge in [0, 0.05) is 5.70 Å². The fourth-order valence-electron chi connectivity index (χ4n) is 0.710. The summed E-state index contributed by atoms with van der Waals surface area (Å²) in [6.07, 6.45) is 2.10. The molecule has 0 aliphatic carbocycles. The summed E-state index contributed by atoms with van der Waals surface area (Å²) in [4.78, 5) is 0.